The summed E-state index contributed by atoms with van der Waals surface area (Å²) in [6, 6.07) is 0. The van der Waals surface area contributed by atoms with Crippen LogP contribution in [0.1, 0.15) is 33.0 Å². The van der Waals surface area contributed by atoms with E-state index in [9.17, 15) is 13.2 Å². The fourth-order valence-electron chi connectivity index (χ4n) is 3.68. The van der Waals surface area contributed by atoms with E-state index in [1.807, 2.05) is 32.4 Å². The maximum absolute atomic E-state index is 12.2. The smallest absolute Gasteiger partial charge is 0.410 e. The van der Waals surface area contributed by atoms with Gasteiger partial charge in [0.15, 0.2) is 14.6 Å². The van der Waals surface area contributed by atoms with Crippen LogP contribution in [0, 0.1) is 10.7 Å². The van der Waals surface area contributed by atoms with Crippen LogP contribution in [0.4, 0.5) is 4.79 Å². The molecule has 11 heteroatoms. The number of aromatic nitrogens is 3. The van der Waals surface area contributed by atoms with E-state index in [-0.39, 0.29) is 23.5 Å². The summed E-state index contributed by atoms with van der Waals surface area (Å²) in [7, 11) is -1.02. The first-order valence-corrected chi connectivity index (χ1v) is 12.2. The Labute approximate surface area is 177 Å². The largest absolute Gasteiger partial charge is 0.444 e. The average Bonchev–Trinajstić information content (AvgIpc) is 3.08. The van der Waals surface area contributed by atoms with Crippen molar-refractivity contribution in [1.82, 2.24) is 24.1 Å². The predicted octanol–water partition coefficient (Wildman–Crippen LogP) is 1.44. The van der Waals surface area contributed by atoms with Crippen molar-refractivity contribution in [3.8, 4) is 0 Å². The number of sulfone groups is 1. The van der Waals surface area contributed by atoms with Gasteiger partial charge >= 0.3 is 6.09 Å². The monoisotopic (exact) mass is 445 g/mol. The molecule has 9 nitrogen and oxygen atoms in total. The van der Waals surface area contributed by atoms with Crippen LogP contribution in [-0.2, 0) is 34.7 Å². The first-order valence-electron chi connectivity index (χ1n) is 9.97. The Hall–Kier alpha value is -1.46. The Kier molecular flexibility index (Phi) is 6.40. The fraction of sp³-hybridized carbons (Fsp3) is 0.833. The molecular formula is C18H31N5O4S2. The molecule has 1 atom stereocenters. The summed E-state index contributed by atoms with van der Waals surface area (Å²) >= 11 is 5.53. The van der Waals surface area contributed by atoms with Crippen LogP contribution in [-0.4, -0.2) is 81.9 Å². The molecule has 29 heavy (non-hydrogen) atoms. The molecule has 0 spiro atoms. The predicted molar refractivity (Wildman–Crippen MR) is 112 cm³/mol. The number of carbonyl (C=O) groups is 1. The molecule has 3 heterocycles. The summed E-state index contributed by atoms with van der Waals surface area (Å²) in [4.78, 5) is 16.1. The molecule has 0 bridgehead atoms. The molecule has 1 aromatic heterocycles. The van der Waals surface area contributed by atoms with E-state index in [2.05, 4.69) is 10.00 Å². The zero-order valence-electron chi connectivity index (χ0n) is 17.6. The van der Waals surface area contributed by atoms with E-state index in [1.54, 1.807) is 9.58 Å². The topological polar surface area (TPSA) is 89.7 Å². The van der Waals surface area contributed by atoms with Gasteiger partial charge in [-0.15, -0.1) is 0 Å². The van der Waals surface area contributed by atoms with E-state index in [4.69, 9.17) is 17.0 Å². The first kappa shape index (κ1) is 22.2. The minimum Gasteiger partial charge on any atom is -0.444 e. The van der Waals surface area contributed by atoms with Gasteiger partial charge in [0.25, 0.3) is 0 Å². The standard InChI is InChI=1S/C18H31N5O4S2/c1-18(2,3)27-17(24)22-8-6-21(7-9-22)13-23-16(28)20(4)15(19-23)11-14-5-10-29(25,26)12-14/h14H,5-13H2,1-4H3/t14-/m0/s1. The van der Waals surface area contributed by atoms with Crippen LogP contribution >= 0.6 is 12.2 Å². The molecular weight excluding hydrogens is 414 g/mol. The second-order valence-electron chi connectivity index (χ2n) is 8.96. The number of hydrogen-bond acceptors (Lipinski definition) is 7. The Bertz CT molecular complexity index is 908. The second-order valence-corrected chi connectivity index (χ2v) is 11.6. The zero-order valence-corrected chi connectivity index (χ0v) is 19.3. The number of hydrogen-bond donors (Lipinski definition) is 0. The second kappa shape index (κ2) is 8.35. The minimum absolute atomic E-state index is 0.112. The summed E-state index contributed by atoms with van der Waals surface area (Å²) in [5, 5.41) is 4.65. The fourth-order valence-corrected chi connectivity index (χ4v) is 5.75. The van der Waals surface area contributed by atoms with Gasteiger partial charge < -0.3 is 14.2 Å². The lowest BCUT2D eigenvalue weighted by Gasteiger charge is -2.35. The third kappa shape index (κ3) is 5.79. The SMILES string of the molecule is Cn1c(C[C@@H]2CCS(=O)(=O)C2)nn(CN2CCN(C(=O)OC(C)(C)C)CC2)c1=S. The van der Waals surface area contributed by atoms with Crippen molar-refractivity contribution < 1.29 is 17.9 Å². The third-order valence-electron chi connectivity index (χ3n) is 5.29. The number of carbonyl (C=O) groups excluding carboxylic acids is 1. The molecule has 2 saturated heterocycles. The van der Waals surface area contributed by atoms with Crippen LogP contribution in [0.3, 0.4) is 0 Å². The van der Waals surface area contributed by atoms with Crippen molar-refractivity contribution in [2.24, 2.45) is 13.0 Å². The minimum atomic E-state index is -2.90. The average molecular weight is 446 g/mol. The summed E-state index contributed by atoms with van der Waals surface area (Å²) in [5.74, 6) is 1.44. The molecule has 0 radical (unpaired) electrons. The normalized spacial score (nSPS) is 22.8. The maximum Gasteiger partial charge on any atom is 0.410 e. The molecule has 1 aromatic rings. The number of rotatable bonds is 4. The highest BCUT2D eigenvalue weighted by Gasteiger charge is 2.30. The van der Waals surface area contributed by atoms with E-state index in [0.29, 0.717) is 50.5 Å². The highest BCUT2D eigenvalue weighted by molar-refractivity contribution is 7.91. The van der Waals surface area contributed by atoms with Gasteiger partial charge in [-0.25, -0.2) is 17.9 Å². The number of ether oxygens (including phenoxy) is 1. The molecule has 2 aliphatic rings. The van der Waals surface area contributed by atoms with Crippen molar-refractivity contribution in [2.45, 2.75) is 45.9 Å². The van der Waals surface area contributed by atoms with Crippen molar-refractivity contribution in [1.29, 1.82) is 0 Å². The van der Waals surface area contributed by atoms with Gasteiger partial charge in [-0.3, -0.25) is 4.90 Å². The zero-order chi connectivity index (χ0) is 21.4. The van der Waals surface area contributed by atoms with E-state index >= 15 is 0 Å². The molecule has 2 aliphatic heterocycles. The highest BCUT2D eigenvalue weighted by Crippen LogP contribution is 2.22. The van der Waals surface area contributed by atoms with E-state index < -0.39 is 15.4 Å². The first-order chi connectivity index (χ1) is 13.4. The molecule has 0 saturated carbocycles. The van der Waals surface area contributed by atoms with Crippen molar-refractivity contribution in [3.63, 3.8) is 0 Å². The Morgan fingerprint density at radius 2 is 1.90 bits per heavy atom. The Balaban J connectivity index is 1.56. The maximum atomic E-state index is 12.2. The number of piperazine rings is 1. The van der Waals surface area contributed by atoms with Gasteiger partial charge in [-0.2, -0.15) is 5.10 Å². The van der Waals surface area contributed by atoms with Gasteiger partial charge in [0.2, 0.25) is 0 Å². The number of amides is 1. The molecule has 0 N–H and O–H groups in total. The molecule has 2 fully saturated rings. The summed E-state index contributed by atoms with van der Waals surface area (Å²) in [6.07, 6.45) is 1.04. The van der Waals surface area contributed by atoms with Crippen molar-refractivity contribution in [2.75, 3.05) is 37.7 Å². The lowest BCUT2D eigenvalue weighted by molar-refractivity contribution is 0.0113. The molecule has 0 aromatic carbocycles. The summed E-state index contributed by atoms with van der Waals surface area (Å²) in [6.45, 7) is 8.77. The van der Waals surface area contributed by atoms with Crippen LogP contribution in [0.5, 0.6) is 0 Å². The van der Waals surface area contributed by atoms with E-state index in [0.717, 1.165) is 5.82 Å². The van der Waals surface area contributed by atoms with Gasteiger partial charge in [0.05, 0.1) is 18.2 Å². The molecule has 1 amide bonds. The molecule has 3 rings (SSSR count). The molecule has 0 unspecified atom stereocenters. The van der Waals surface area contributed by atoms with Gasteiger partial charge in [-0.05, 0) is 45.3 Å². The summed E-state index contributed by atoms with van der Waals surface area (Å²) < 4.78 is 33.1. The lowest BCUT2D eigenvalue weighted by atomic mass is 10.1. The Morgan fingerprint density at radius 3 is 2.45 bits per heavy atom. The molecule has 164 valence electrons. The van der Waals surface area contributed by atoms with Crippen LogP contribution < -0.4 is 0 Å². The lowest BCUT2D eigenvalue weighted by Crippen LogP contribution is -2.50. The Morgan fingerprint density at radius 1 is 1.24 bits per heavy atom. The number of nitrogens with zero attached hydrogens (tertiary/aromatic N) is 5. The van der Waals surface area contributed by atoms with Gasteiger partial charge in [0.1, 0.15) is 11.4 Å². The van der Waals surface area contributed by atoms with Crippen LogP contribution in [0.2, 0.25) is 0 Å². The van der Waals surface area contributed by atoms with Crippen LogP contribution in [0.15, 0.2) is 0 Å². The quantitative estimate of drug-likeness (QED) is 0.648. The van der Waals surface area contributed by atoms with Gasteiger partial charge in [-0.1, -0.05) is 0 Å². The van der Waals surface area contributed by atoms with E-state index in [1.165, 1.54) is 0 Å². The third-order valence-corrected chi connectivity index (χ3v) is 7.61. The van der Waals surface area contributed by atoms with Crippen molar-refractivity contribution >= 4 is 28.1 Å². The summed E-state index contributed by atoms with van der Waals surface area (Å²) in [5.41, 5.74) is -0.496. The molecule has 0 aliphatic carbocycles. The van der Waals surface area contributed by atoms with Gasteiger partial charge in [0, 0.05) is 39.6 Å². The van der Waals surface area contributed by atoms with Crippen LogP contribution in [0.25, 0.3) is 0 Å². The highest BCUT2D eigenvalue weighted by atomic mass is 32.2. The van der Waals surface area contributed by atoms with Crippen molar-refractivity contribution in [3.05, 3.63) is 10.6 Å².